The Balaban J connectivity index is 1.95. The van der Waals surface area contributed by atoms with Gasteiger partial charge in [0.2, 0.25) is 0 Å². The van der Waals surface area contributed by atoms with Gasteiger partial charge in [-0.25, -0.2) is 0 Å². The van der Waals surface area contributed by atoms with Crippen molar-refractivity contribution in [1.29, 1.82) is 0 Å². The summed E-state index contributed by atoms with van der Waals surface area (Å²) in [7, 11) is 0. The Bertz CT molecular complexity index is 792. The molecule has 1 aliphatic heterocycles. The highest BCUT2D eigenvalue weighted by atomic mass is 32.2. The summed E-state index contributed by atoms with van der Waals surface area (Å²) in [5, 5.41) is 6.18. The van der Waals surface area contributed by atoms with Gasteiger partial charge in [0, 0.05) is 15.2 Å². The maximum absolute atomic E-state index is 3.60. The van der Waals surface area contributed by atoms with Crippen LogP contribution in [0.3, 0.4) is 0 Å². The van der Waals surface area contributed by atoms with Crippen molar-refractivity contribution in [3.8, 4) is 0 Å². The van der Waals surface area contributed by atoms with Gasteiger partial charge in [0.25, 0.3) is 0 Å². The topological polar surface area (TPSA) is 12.0 Å². The van der Waals surface area contributed by atoms with Crippen molar-refractivity contribution in [2.75, 3.05) is 5.32 Å². The van der Waals surface area contributed by atoms with E-state index in [1.54, 1.807) is 0 Å². The van der Waals surface area contributed by atoms with E-state index in [2.05, 4.69) is 66.8 Å². The molecule has 19 heavy (non-hydrogen) atoms. The summed E-state index contributed by atoms with van der Waals surface area (Å²) in [6, 6.07) is 19.5. The Kier molecular flexibility index (Phi) is 2.32. The van der Waals surface area contributed by atoms with Crippen molar-refractivity contribution in [1.82, 2.24) is 0 Å². The average Bonchev–Trinajstić information content (AvgIpc) is 2.45. The first-order valence-corrected chi connectivity index (χ1v) is 7.20. The van der Waals surface area contributed by atoms with E-state index in [0.717, 1.165) is 0 Å². The minimum absolute atomic E-state index is 1.22. The Hall–Kier alpha value is -1.93. The monoisotopic (exact) mass is 263 g/mol. The van der Waals surface area contributed by atoms with Gasteiger partial charge in [-0.2, -0.15) is 0 Å². The second-order valence-electron chi connectivity index (χ2n) is 4.89. The third kappa shape index (κ3) is 1.71. The van der Waals surface area contributed by atoms with Crippen molar-refractivity contribution < 1.29 is 0 Å². The highest BCUT2D eigenvalue weighted by Crippen LogP contribution is 2.46. The van der Waals surface area contributed by atoms with E-state index < -0.39 is 0 Å². The van der Waals surface area contributed by atoms with Gasteiger partial charge in [0.15, 0.2) is 0 Å². The zero-order valence-electron chi connectivity index (χ0n) is 10.6. The maximum Gasteiger partial charge on any atom is 0.0606 e. The number of aryl methyl sites for hydroxylation is 1. The molecular weight excluding hydrogens is 250 g/mol. The molecular formula is C17H13NS. The van der Waals surface area contributed by atoms with Crippen LogP contribution < -0.4 is 5.32 Å². The Labute approximate surface area is 116 Å². The van der Waals surface area contributed by atoms with Crippen molar-refractivity contribution in [3.05, 3.63) is 60.2 Å². The van der Waals surface area contributed by atoms with Crippen LogP contribution in [0.15, 0.2) is 64.4 Å². The van der Waals surface area contributed by atoms with Gasteiger partial charge in [-0.15, -0.1) is 0 Å². The van der Waals surface area contributed by atoms with Gasteiger partial charge >= 0.3 is 0 Å². The Morgan fingerprint density at radius 3 is 2.68 bits per heavy atom. The third-order valence-corrected chi connectivity index (χ3v) is 4.64. The smallest absolute Gasteiger partial charge is 0.0606 e. The highest BCUT2D eigenvalue weighted by Gasteiger charge is 2.17. The lowest BCUT2D eigenvalue weighted by atomic mass is 10.1. The summed E-state index contributed by atoms with van der Waals surface area (Å²) in [4.78, 5) is 2.60. The summed E-state index contributed by atoms with van der Waals surface area (Å²) in [6.07, 6.45) is 0. The van der Waals surface area contributed by atoms with E-state index in [0.29, 0.717) is 0 Å². The zero-order valence-corrected chi connectivity index (χ0v) is 11.4. The van der Waals surface area contributed by atoms with Gasteiger partial charge < -0.3 is 5.32 Å². The summed E-state index contributed by atoms with van der Waals surface area (Å²) in [5.41, 5.74) is 3.74. The molecule has 0 unspecified atom stereocenters. The molecule has 0 atom stereocenters. The lowest BCUT2D eigenvalue weighted by molar-refractivity contribution is 1.30. The standard InChI is InChI=1S/C17H13NS/c1-11-6-8-15-14(10-11)18-17-13-5-3-2-4-12(13)7-9-16(17)19-15/h2-10,18H,1H3. The minimum atomic E-state index is 1.22. The van der Waals surface area contributed by atoms with Gasteiger partial charge in [0.1, 0.15) is 0 Å². The first kappa shape index (κ1) is 10.9. The van der Waals surface area contributed by atoms with Crippen molar-refractivity contribution in [2.45, 2.75) is 16.7 Å². The lowest BCUT2D eigenvalue weighted by Gasteiger charge is -2.22. The summed E-state index contributed by atoms with van der Waals surface area (Å²) in [6.45, 7) is 2.13. The van der Waals surface area contributed by atoms with Crippen LogP contribution in [0.4, 0.5) is 11.4 Å². The number of fused-ring (bicyclic) bond motifs is 4. The number of rotatable bonds is 0. The molecule has 1 nitrogen and oxygen atoms in total. The van der Waals surface area contributed by atoms with Crippen LogP contribution in [-0.2, 0) is 0 Å². The SMILES string of the molecule is Cc1ccc2c(c1)Nc1c(ccc3ccccc13)S2. The summed E-state index contributed by atoms with van der Waals surface area (Å²) >= 11 is 1.84. The predicted molar refractivity (Wildman–Crippen MR) is 82.5 cm³/mol. The number of anilines is 2. The van der Waals surface area contributed by atoms with Crippen LogP contribution in [0.5, 0.6) is 0 Å². The maximum atomic E-state index is 3.60. The molecule has 0 radical (unpaired) electrons. The molecule has 0 fully saturated rings. The molecule has 0 saturated heterocycles. The summed E-state index contributed by atoms with van der Waals surface area (Å²) < 4.78 is 0. The molecule has 0 amide bonds. The van der Waals surface area contributed by atoms with Crippen molar-refractivity contribution in [3.63, 3.8) is 0 Å². The molecule has 92 valence electrons. The zero-order chi connectivity index (χ0) is 12.8. The molecule has 0 bridgehead atoms. The molecule has 0 spiro atoms. The second kappa shape index (κ2) is 4.04. The van der Waals surface area contributed by atoms with Gasteiger partial charge in [-0.05, 0) is 36.1 Å². The molecule has 1 heterocycles. The first-order valence-electron chi connectivity index (χ1n) is 6.38. The lowest BCUT2D eigenvalue weighted by Crippen LogP contribution is -2.00. The number of benzene rings is 3. The molecule has 3 aromatic rings. The number of hydrogen-bond donors (Lipinski definition) is 1. The molecule has 3 aromatic carbocycles. The third-order valence-electron chi connectivity index (χ3n) is 3.51. The van der Waals surface area contributed by atoms with Gasteiger partial charge in [-0.1, -0.05) is 48.2 Å². The normalized spacial score (nSPS) is 12.7. The Morgan fingerprint density at radius 2 is 1.74 bits per heavy atom. The minimum Gasteiger partial charge on any atom is -0.353 e. The molecule has 0 aromatic heterocycles. The predicted octanol–water partition coefficient (Wildman–Crippen LogP) is 5.36. The van der Waals surface area contributed by atoms with E-state index in [9.17, 15) is 0 Å². The molecule has 1 aliphatic rings. The van der Waals surface area contributed by atoms with Gasteiger partial charge in [-0.3, -0.25) is 0 Å². The van der Waals surface area contributed by atoms with E-state index in [-0.39, 0.29) is 0 Å². The van der Waals surface area contributed by atoms with Crippen LogP contribution in [0.2, 0.25) is 0 Å². The fourth-order valence-corrected chi connectivity index (χ4v) is 3.54. The van der Waals surface area contributed by atoms with Crippen molar-refractivity contribution >= 4 is 33.9 Å². The molecule has 4 rings (SSSR count). The fourth-order valence-electron chi connectivity index (χ4n) is 2.55. The molecule has 0 saturated carbocycles. The van der Waals surface area contributed by atoms with E-state index >= 15 is 0 Å². The highest BCUT2D eigenvalue weighted by molar-refractivity contribution is 7.99. The molecule has 0 aliphatic carbocycles. The fraction of sp³-hybridized carbons (Fsp3) is 0.0588. The summed E-state index contributed by atoms with van der Waals surface area (Å²) in [5.74, 6) is 0. The van der Waals surface area contributed by atoms with Crippen molar-refractivity contribution in [2.24, 2.45) is 0 Å². The largest absolute Gasteiger partial charge is 0.353 e. The number of hydrogen-bond acceptors (Lipinski definition) is 2. The van der Waals surface area contributed by atoms with Crippen LogP contribution in [0.25, 0.3) is 10.8 Å². The van der Waals surface area contributed by atoms with E-state index in [1.807, 2.05) is 11.8 Å². The van der Waals surface area contributed by atoms with Crippen LogP contribution in [-0.4, -0.2) is 0 Å². The van der Waals surface area contributed by atoms with Gasteiger partial charge in [0.05, 0.1) is 11.4 Å². The van der Waals surface area contributed by atoms with Crippen LogP contribution in [0.1, 0.15) is 5.56 Å². The quantitative estimate of drug-likeness (QED) is 0.458. The molecule has 2 heteroatoms. The molecule has 1 N–H and O–H groups in total. The van der Waals surface area contributed by atoms with Crippen LogP contribution in [0, 0.1) is 6.92 Å². The average molecular weight is 263 g/mol. The number of nitrogens with one attached hydrogen (secondary N) is 1. The Morgan fingerprint density at radius 1 is 0.895 bits per heavy atom. The second-order valence-corrected chi connectivity index (χ2v) is 5.97. The van der Waals surface area contributed by atoms with Crippen LogP contribution >= 0.6 is 11.8 Å². The van der Waals surface area contributed by atoms with E-state index in [4.69, 9.17) is 0 Å². The van der Waals surface area contributed by atoms with E-state index in [1.165, 1.54) is 37.5 Å². The first-order chi connectivity index (χ1) is 9.31.